The summed E-state index contributed by atoms with van der Waals surface area (Å²) in [4.78, 5) is 24.4. The normalized spacial score (nSPS) is 12.5. The Labute approximate surface area is 197 Å². The number of primary amides is 1. The van der Waals surface area contributed by atoms with Crippen LogP contribution in [0.25, 0.3) is 11.1 Å². The predicted octanol–water partition coefficient (Wildman–Crippen LogP) is 3.40. The van der Waals surface area contributed by atoms with Crippen LogP contribution >= 0.6 is 0 Å². The first-order valence-corrected chi connectivity index (χ1v) is 10.6. The van der Waals surface area contributed by atoms with Crippen LogP contribution in [-0.2, 0) is 16.0 Å². The van der Waals surface area contributed by atoms with E-state index in [1.165, 1.54) is 6.21 Å². The lowest BCUT2D eigenvalue weighted by atomic mass is 9.98. The molecule has 34 heavy (non-hydrogen) atoms. The first-order valence-electron chi connectivity index (χ1n) is 10.6. The Morgan fingerprint density at radius 1 is 1.12 bits per heavy atom. The van der Waals surface area contributed by atoms with E-state index in [1.807, 2.05) is 54.6 Å². The van der Waals surface area contributed by atoms with Crippen LogP contribution in [0.5, 0.6) is 0 Å². The number of amides is 2. The molecule has 0 spiro atoms. The van der Waals surface area contributed by atoms with E-state index in [0.29, 0.717) is 5.56 Å². The Morgan fingerprint density at radius 3 is 2.53 bits per heavy atom. The molecule has 0 bridgehead atoms. The van der Waals surface area contributed by atoms with Crippen molar-refractivity contribution in [2.75, 3.05) is 0 Å². The van der Waals surface area contributed by atoms with E-state index in [4.69, 9.17) is 16.3 Å². The van der Waals surface area contributed by atoms with Crippen molar-refractivity contribution in [3.05, 3.63) is 95.1 Å². The number of carbonyl (C=O) groups excluding carboxylic acids is 2. The molecule has 0 saturated heterocycles. The number of rotatable bonds is 8. The molecular formula is C26H25N5O3. The summed E-state index contributed by atoms with van der Waals surface area (Å²) in [5, 5.41) is 15.3. The molecule has 0 heterocycles. The Kier molecular flexibility index (Phi) is 7.97. The Bertz CT molecular complexity index is 1230. The summed E-state index contributed by atoms with van der Waals surface area (Å²) in [7, 11) is 0. The maximum atomic E-state index is 12.5. The van der Waals surface area contributed by atoms with Crippen LogP contribution in [-0.4, -0.2) is 24.3 Å². The quantitative estimate of drug-likeness (QED) is 0.271. The number of carbonyl (C=O) groups is 2. The molecule has 0 aromatic heterocycles. The molecule has 3 aromatic rings. The van der Waals surface area contributed by atoms with Crippen LogP contribution in [0.2, 0.25) is 0 Å². The predicted molar refractivity (Wildman–Crippen MR) is 130 cm³/mol. The van der Waals surface area contributed by atoms with E-state index < -0.39 is 24.1 Å². The highest BCUT2D eigenvalue weighted by molar-refractivity contribution is 5.85. The number of nitrogens with one attached hydrogen (secondary N) is 1. The van der Waals surface area contributed by atoms with Crippen molar-refractivity contribution in [2.24, 2.45) is 16.7 Å². The van der Waals surface area contributed by atoms with Crippen molar-refractivity contribution in [2.45, 2.75) is 25.5 Å². The standard InChI is InChI=1S/C26H25N5O3/c1-17(20-9-11-21(12-10-20)23-8-3-2-7-22(23)15-27)34-26(33)31-24(25(28)32)14-18-5-4-6-19(13-18)16-30-29/h2-13,16-17,24H,14,29H2,1H3,(H2,28,32)(H,31,33)/b30-16-. The van der Waals surface area contributed by atoms with Crippen molar-refractivity contribution in [3.63, 3.8) is 0 Å². The summed E-state index contributed by atoms with van der Waals surface area (Å²) >= 11 is 0. The van der Waals surface area contributed by atoms with Crippen LogP contribution < -0.4 is 16.9 Å². The van der Waals surface area contributed by atoms with Gasteiger partial charge in [0, 0.05) is 6.42 Å². The van der Waals surface area contributed by atoms with Gasteiger partial charge in [-0.25, -0.2) is 4.79 Å². The van der Waals surface area contributed by atoms with Gasteiger partial charge in [0.05, 0.1) is 17.8 Å². The van der Waals surface area contributed by atoms with Gasteiger partial charge in [0.1, 0.15) is 12.1 Å². The molecule has 3 rings (SSSR count). The lowest BCUT2D eigenvalue weighted by Crippen LogP contribution is -2.46. The fourth-order valence-electron chi connectivity index (χ4n) is 3.52. The number of nitrogens with zero attached hydrogens (tertiary/aromatic N) is 2. The van der Waals surface area contributed by atoms with Gasteiger partial charge in [-0.1, -0.05) is 66.7 Å². The molecular weight excluding hydrogens is 430 g/mol. The second-order valence-corrected chi connectivity index (χ2v) is 7.65. The second kappa shape index (κ2) is 11.3. The highest BCUT2D eigenvalue weighted by Gasteiger charge is 2.21. The fourth-order valence-corrected chi connectivity index (χ4v) is 3.52. The minimum atomic E-state index is -0.949. The largest absolute Gasteiger partial charge is 0.442 e. The van der Waals surface area contributed by atoms with Gasteiger partial charge in [-0.3, -0.25) is 4.79 Å². The van der Waals surface area contributed by atoms with Crippen molar-refractivity contribution in [1.82, 2.24) is 5.32 Å². The van der Waals surface area contributed by atoms with Gasteiger partial charge in [0.2, 0.25) is 5.91 Å². The zero-order valence-electron chi connectivity index (χ0n) is 18.6. The van der Waals surface area contributed by atoms with Crippen LogP contribution in [0.4, 0.5) is 4.79 Å². The number of benzene rings is 3. The summed E-state index contributed by atoms with van der Waals surface area (Å²) < 4.78 is 5.46. The van der Waals surface area contributed by atoms with Crippen molar-refractivity contribution < 1.29 is 14.3 Å². The van der Waals surface area contributed by atoms with E-state index >= 15 is 0 Å². The van der Waals surface area contributed by atoms with Gasteiger partial charge in [0.25, 0.3) is 0 Å². The lowest BCUT2D eigenvalue weighted by molar-refractivity contribution is -0.119. The number of hydrogen-bond acceptors (Lipinski definition) is 6. The fraction of sp³-hybridized carbons (Fsp3) is 0.154. The molecule has 0 radical (unpaired) electrons. The first kappa shape index (κ1) is 24.0. The van der Waals surface area contributed by atoms with E-state index in [-0.39, 0.29) is 6.42 Å². The summed E-state index contributed by atoms with van der Waals surface area (Å²) in [6.07, 6.45) is 0.349. The zero-order chi connectivity index (χ0) is 24.5. The molecule has 0 aliphatic carbocycles. The van der Waals surface area contributed by atoms with Crippen LogP contribution in [0, 0.1) is 11.3 Å². The number of alkyl carbamates (subject to hydrolysis) is 1. The third kappa shape index (κ3) is 6.20. The third-order valence-corrected chi connectivity index (χ3v) is 5.27. The maximum Gasteiger partial charge on any atom is 0.408 e. The van der Waals surface area contributed by atoms with Crippen molar-refractivity contribution in [1.29, 1.82) is 5.26 Å². The number of hydrazone groups is 1. The summed E-state index contributed by atoms with van der Waals surface area (Å²) in [6.45, 7) is 1.73. The van der Waals surface area contributed by atoms with Crippen LogP contribution in [0.3, 0.4) is 0 Å². The summed E-state index contributed by atoms with van der Waals surface area (Å²) in [6, 6.07) is 23.2. The molecule has 0 fully saturated rings. The van der Waals surface area contributed by atoms with Crippen LogP contribution in [0.1, 0.15) is 35.3 Å². The Morgan fingerprint density at radius 2 is 1.85 bits per heavy atom. The molecule has 2 atom stereocenters. The van der Waals surface area contributed by atoms with Crippen molar-refractivity contribution >= 4 is 18.2 Å². The molecule has 3 aromatic carbocycles. The zero-order valence-corrected chi connectivity index (χ0v) is 18.6. The minimum absolute atomic E-state index is 0.193. The molecule has 8 heteroatoms. The number of nitriles is 1. The van der Waals surface area contributed by atoms with Gasteiger partial charge >= 0.3 is 6.09 Å². The van der Waals surface area contributed by atoms with Gasteiger partial charge in [-0.15, -0.1) is 0 Å². The van der Waals surface area contributed by atoms with E-state index in [1.54, 1.807) is 25.1 Å². The SMILES string of the molecule is CC(OC(=O)NC(Cc1cccc(/C=N\N)c1)C(N)=O)c1ccc(-c2ccccc2C#N)cc1. The number of hydrogen-bond donors (Lipinski definition) is 3. The molecule has 8 nitrogen and oxygen atoms in total. The number of ether oxygens (including phenoxy) is 1. The molecule has 2 unspecified atom stereocenters. The second-order valence-electron chi connectivity index (χ2n) is 7.65. The van der Waals surface area contributed by atoms with Gasteiger partial charge in [-0.2, -0.15) is 10.4 Å². The van der Waals surface area contributed by atoms with E-state index in [0.717, 1.165) is 27.8 Å². The summed E-state index contributed by atoms with van der Waals surface area (Å²) in [5.74, 6) is 4.50. The third-order valence-electron chi connectivity index (χ3n) is 5.27. The average Bonchev–Trinajstić information content (AvgIpc) is 2.84. The smallest absolute Gasteiger partial charge is 0.408 e. The molecule has 5 N–H and O–H groups in total. The highest BCUT2D eigenvalue weighted by atomic mass is 16.6. The molecule has 0 saturated carbocycles. The van der Waals surface area contributed by atoms with E-state index in [9.17, 15) is 14.9 Å². The monoisotopic (exact) mass is 455 g/mol. The van der Waals surface area contributed by atoms with Gasteiger partial charge < -0.3 is 21.6 Å². The molecule has 0 aliphatic heterocycles. The van der Waals surface area contributed by atoms with Crippen molar-refractivity contribution in [3.8, 4) is 17.2 Å². The Hall–Kier alpha value is -4.64. The van der Waals surface area contributed by atoms with Gasteiger partial charge in [0.15, 0.2) is 0 Å². The Balaban J connectivity index is 1.64. The first-order chi connectivity index (χ1) is 16.4. The minimum Gasteiger partial charge on any atom is -0.442 e. The average molecular weight is 456 g/mol. The highest BCUT2D eigenvalue weighted by Crippen LogP contribution is 2.26. The van der Waals surface area contributed by atoms with E-state index in [2.05, 4.69) is 16.5 Å². The van der Waals surface area contributed by atoms with Crippen LogP contribution in [0.15, 0.2) is 77.9 Å². The molecule has 2 amide bonds. The molecule has 172 valence electrons. The lowest BCUT2D eigenvalue weighted by Gasteiger charge is -2.19. The maximum absolute atomic E-state index is 12.5. The molecule has 0 aliphatic rings. The number of nitrogens with two attached hydrogens (primary N) is 2. The topological polar surface area (TPSA) is 144 Å². The van der Waals surface area contributed by atoms with Gasteiger partial charge in [-0.05, 0) is 40.8 Å². The summed E-state index contributed by atoms with van der Waals surface area (Å²) in [5.41, 5.74) is 10.1.